The van der Waals surface area contributed by atoms with Crippen LogP contribution >= 0.6 is 0 Å². The second-order valence-corrected chi connectivity index (χ2v) is 10.0. The Kier molecular flexibility index (Phi) is 7.34. The first kappa shape index (κ1) is 26.7. The van der Waals surface area contributed by atoms with E-state index < -0.39 is 46.6 Å². The SMILES string of the molecule is CS(=O)(=O)N1CCc2cc(NC(=O)NC3CCN(C(=O)OC(C(F)(F)F)C(F)(F)F)CC3)ccc21. The maximum Gasteiger partial charge on any atom is 0.434 e. The number of urea groups is 1. The Balaban J connectivity index is 1.50. The predicted octanol–water partition coefficient (Wildman–Crippen LogP) is 3.22. The second kappa shape index (κ2) is 9.62. The topological polar surface area (TPSA) is 108 Å². The van der Waals surface area contributed by atoms with Crippen molar-refractivity contribution in [3.05, 3.63) is 23.8 Å². The van der Waals surface area contributed by atoms with Crippen LogP contribution in [0.25, 0.3) is 0 Å². The lowest BCUT2D eigenvalue weighted by Gasteiger charge is -2.33. The molecule has 0 radical (unpaired) electrons. The Morgan fingerprint density at radius 3 is 2.20 bits per heavy atom. The van der Waals surface area contributed by atoms with Crippen molar-refractivity contribution < 1.29 is 49.1 Å². The van der Waals surface area contributed by atoms with Gasteiger partial charge in [0.1, 0.15) is 0 Å². The summed E-state index contributed by atoms with van der Waals surface area (Å²) in [7, 11) is -3.42. The quantitative estimate of drug-likeness (QED) is 0.579. The number of nitrogens with zero attached hydrogens (tertiary/aromatic N) is 2. The van der Waals surface area contributed by atoms with E-state index in [1.165, 1.54) is 10.4 Å². The number of sulfonamides is 1. The van der Waals surface area contributed by atoms with E-state index in [1.807, 2.05) is 0 Å². The van der Waals surface area contributed by atoms with Gasteiger partial charge in [0, 0.05) is 31.4 Å². The number of carbonyl (C=O) groups is 2. The lowest BCUT2D eigenvalue weighted by atomic mass is 10.1. The minimum atomic E-state index is -5.80. The molecule has 2 N–H and O–H groups in total. The van der Waals surface area contributed by atoms with Crippen LogP contribution in [0.5, 0.6) is 0 Å². The zero-order chi connectivity index (χ0) is 26.2. The number of ether oxygens (including phenoxy) is 1. The molecule has 2 aliphatic heterocycles. The van der Waals surface area contributed by atoms with Crippen LogP contribution in [0.15, 0.2) is 18.2 Å². The fourth-order valence-electron chi connectivity index (χ4n) is 3.85. The number of hydrogen-bond acceptors (Lipinski definition) is 5. The third-order valence-corrected chi connectivity index (χ3v) is 6.67. The van der Waals surface area contributed by atoms with E-state index in [4.69, 9.17) is 0 Å². The van der Waals surface area contributed by atoms with Crippen LogP contribution in [-0.4, -0.2) is 75.8 Å². The Hall–Kier alpha value is -2.91. The maximum atomic E-state index is 12.6. The predicted molar refractivity (Wildman–Crippen MR) is 111 cm³/mol. The maximum absolute atomic E-state index is 12.6. The van der Waals surface area contributed by atoms with Gasteiger partial charge in [-0.25, -0.2) is 18.0 Å². The van der Waals surface area contributed by atoms with Gasteiger partial charge in [-0.15, -0.1) is 0 Å². The molecule has 1 saturated heterocycles. The van der Waals surface area contributed by atoms with Crippen LogP contribution in [0, 0.1) is 0 Å². The van der Waals surface area contributed by atoms with Crippen molar-refractivity contribution in [3.8, 4) is 0 Å². The number of alkyl halides is 6. The Labute approximate surface area is 196 Å². The normalized spacial score (nSPS) is 17.4. The number of anilines is 2. The summed E-state index contributed by atoms with van der Waals surface area (Å²) in [5.74, 6) is 0. The molecule has 9 nitrogen and oxygen atoms in total. The standard InChI is InChI=1S/C19H22F6N4O5S/c1-35(32,33)29-9-4-11-10-13(2-3-14(11)29)27-16(30)26-12-5-7-28(8-6-12)17(31)34-15(18(20,21)22)19(23,24)25/h2-3,10,12,15H,4-9H2,1H3,(H2,26,27,30). The number of piperidine rings is 1. The summed E-state index contributed by atoms with van der Waals surface area (Å²) < 4.78 is 104. The van der Waals surface area contributed by atoms with Crippen LogP contribution in [0.2, 0.25) is 0 Å². The Morgan fingerprint density at radius 2 is 1.66 bits per heavy atom. The second-order valence-electron chi connectivity index (χ2n) is 8.14. The highest BCUT2D eigenvalue weighted by Gasteiger charge is 2.60. The first-order valence-electron chi connectivity index (χ1n) is 10.3. The summed E-state index contributed by atoms with van der Waals surface area (Å²) >= 11 is 0. The highest BCUT2D eigenvalue weighted by Crippen LogP contribution is 2.36. The van der Waals surface area contributed by atoms with Crippen molar-refractivity contribution in [2.45, 2.75) is 43.8 Å². The molecule has 2 aliphatic rings. The summed E-state index contributed by atoms with van der Waals surface area (Å²) in [6, 6.07) is 3.63. The third kappa shape index (κ3) is 6.61. The zero-order valence-corrected chi connectivity index (χ0v) is 19.1. The monoisotopic (exact) mass is 532 g/mol. The molecule has 0 saturated carbocycles. The molecule has 0 unspecified atom stereocenters. The van der Waals surface area contributed by atoms with Gasteiger partial charge < -0.3 is 20.3 Å². The fraction of sp³-hybridized carbons (Fsp3) is 0.579. The smallest absolute Gasteiger partial charge is 0.426 e. The van der Waals surface area contributed by atoms with E-state index in [2.05, 4.69) is 15.4 Å². The number of fused-ring (bicyclic) bond motifs is 1. The number of amides is 3. The van der Waals surface area contributed by atoms with Crippen LogP contribution in [0.4, 0.5) is 47.3 Å². The van der Waals surface area contributed by atoms with Gasteiger partial charge in [-0.2, -0.15) is 26.3 Å². The van der Waals surface area contributed by atoms with E-state index >= 15 is 0 Å². The van der Waals surface area contributed by atoms with Crippen molar-refractivity contribution in [1.29, 1.82) is 0 Å². The molecular formula is C19H22F6N4O5S. The van der Waals surface area contributed by atoms with Crippen molar-refractivity contribution >= 4 is 33.5 Å². The van der Waals surface area contributed by atoms with Crippen molar-refractivity contribution in [3.63, 3.8) is 0 Å². The molecule has 16 heteroatoms. The van der Waals surface area contributed by atoms with Crippen LogP contribution in [-0.2, 0) is 21.2 Å². The third-order valence-electron chi connectivity index (χ3n) is 5.49. The van der Waals surface area contributed by atoms with Gasteiger partial charge in [-0.1, -0.05) is 0 Å². The number of hydrogen-bond donors (Lipinski definition) is 2. The van der Waals surface area contributed by atoms with E-state index in [-0.39, 0.29) is 32.5 Å². The molecular weight excluding hydrogens is 510 g/mol. The average Bonchev–Trinajstić information content (AvgIpc) is 3.14. The van der Waals surface area contributed by atoms with Crippen LogP contribution in [0.1, 0.15) is 18.4 Å². The van der Waals surface area contributed by atoms with Crippen LogP contribution in [0.3, 0.4) is 0 Å². The summed E-state index contributed by atoms with van der Waals surface area (Å²) in [5.41, 5.74) is 1.66. The Morgan fingerprint density at radius 1 is 1.06 bits per heavy atom. The highest BCUT2D eigenvalue weighted by molar-refractivity contribution is 7.92. The Bertz CT molecular complexity index is 1060. The van der Waals surface area contributed by atoms with Crippen molar-refractivity contribution in [2.75, 3.05) is 35.5 Å². The number of nitrogens with one attached hydrogen (secondary N) is 2. The lowest BCUT2D eigenvalue weighted by Crippen LogP contribution is -2.51. The minimum Gasteiger partial charge on any atom is -0.426 e. The van der Waals surface area contributed by atoms with Gasteiger partial charge in [0.15, 0.2) is 0 Å². The van der Waals surface area contributed by atoms with E-state index in [0.717, 1.165) is 11.8 Å². The number of rotatable bonds is 4. The zero-order valence-electron chi connectivity index (χ0n) is 18.2. The highest BCUT2D eigenvalue weighted by atomic mass is 32.2. The largest absolute Gasteiger partial charge is 0.434 e. The van der Waals surface area contributed by atoms with Gasteiger partial charge in [0.2, 0.25) is 10.0 Å². The van der Waals surface area contributed by atoms with E-state index in [1.54, 1.807) is 12.1 Å². The molecule has 0 aromatic heterocycles. The summed E-state index contributed by atoms with van der Waals surface area (Å²) in [6.07, 6.45) is -15.8. The van der Waals surface area contributed by atoms with Gasteiger partial charge in [0.25, 0.3) is 6.10 Å². The molecule has 1 aromatic carbocycles. The molecule has 3 rings (SSSR count). The number of halogens is 6. The number of benzene rings is 1. The summed E-state index contributed by atoms with van der Waals surface area (Å²) in [4.78, 5) is 24.8. The molecule has 1 aromatic rings. The van der Waals surface area contributed by atoms with E-state index in [0.29, 0.717) is 22.7 Å². The fourth-order valence-corrected chi connectivity index (χ4v) is 4.81. The van der Waals surface area contributed by atoms with Gasteiger partial charge in [-0.3, -0.25) is 4.31 Å². The number of likely N-dealkylation sites (tertiary alicyclic amines) is 1. The molecule has 196 valence electrons. The molecule has 3 amide bonds. The average molecular weight is 532 g/mol. The summed E-state index contributed by atoms with van der Waals surface area (Å²) in [6.45, 7) is -0.143. The first-order valence-corrected chi connectivity index (χ1v) is 12.2. The molecule has 35 heavy (non-hydrogen) atoms. The number of carbonyl (C=O) groups excluding carboxylic acids is 2. The first-order chi connectivity index (χ1) is 16.1. The molecule has 0 bridgehead atoms. The summed E-state index contributed by atoms with van der Waals surface area (Å²) in [5, 5.41) is 5.21. The molecule has 0 aliphatic carbocycles. The molecule has 0 spiro atoms. The molecule has 0 atom stereocenters. The molecule has 1 fully saturated rings. The van der Waals surface area contributed by atoms with Gasteiger partial charge >= 0.3 is 24.5 Å². The van der Waals surface area contributed by atoms with Crippen LogP contribution < -0.4 is 14.9 Å². The van der Waals surface area contributed by atoms with Gasteiger partial charge in [-0.05, 0) is 43.0 Å². The van der Waals surface area contributed by atoms with Crippen molar-refractivity contribution in [2.24, 2.45) is 0 Å². The van der Waals surface area contributed by atoms with Gasteiger partial charge in [0.05, 0.1) is 11.9 Å². The minimum absolute atomic E-state index is 0.0821. The molecule has 2 heterocycles. The van der Waals surface area contributed by atoms with Crippen molar-refractivity contribution in [1.82, 2.24) is 10.2 Å². The van der Waals surface area contributed by atoms with E-state index in [9.17, 15) is 44.3 Å². The lowest BCUT2D eigenvalue weighted by molar-refractivity contribution is -0.308.